The van der Waals surface area contributed by atoms with E-state index in [9.17, 15) is 0 Å². The Bertz CT molecular complexity index is 2170. The third kappa shape index (κ3) is 5.34. The van der Waals surface area contributed by atoms with Gasteiger partial charge in [-0.25, -0.2) is 0 Å². The Hall–Kier alpha value is -5.91. The molecule has 4 nitrogen and oxygen atoms in total. The SMILES string of the molecule is CCO.c1ccc(-c2ccc3c(c2)B2c4cc(-c5ccccc5)ccc4Oc4c(-c5ccc(-c6cccnc6)cc5)ccc(c42)O3)cc1. The standard InChI is InChI=1S/C41H26BNO2.C2H6O/c1-3-8-27(9-4-1)31-17-20-37-35(24-31)42-36-25-32(28-10-5-2-6-11-28)18-21-38(36)45-41-34(19-22-39(44-37)40(41)42)30-15-13-29(14-16-30)33-12-7-23-43-26-33;1-2-3/h1-26H;3H,2H2,1H3. The Morgan fingerprint density at radius 1 is 0.521 bits per heavy atom. The lowest BCUT2D eigenvalue weighted by Crippen LogP contribution is -2.57. The topological polar surface area (TPSA) is 51.6 Å². The fourth-order valence-electron chi connectivity index (χ4n) is 6.72. The largest absolute Gasteiger partial charge is 0.458 e. The molecule has 0 aliphatic carbocycles. The molecule has 48 heavy (non-hydrogen) atoms. The monoisotopic (exact) mass is 621 g/mol. The van der Waals surface area contributed by atoms with Crippen molar-refractivity contribution in [1.29, 1.82) is 0 Å². The van der Waals surface area contributed by atoms with Crippen LogP contribution < -0.4 is 25.9 Å². The highest BCUT2D eigenvalue weighted by molar-refractivity contribution is 6.98. The number of aliphatic hydroxyl groups excluding tert-OH is 1. The molecule has 0 amide bonds. The van der Waals surface area contributed by atoms with Crippen molar-refractivity contribution < 1.29 is 14.6 Å². The van der Waals surface area contributed by atoms with Gasteiger partial charge < -0.3 is 14.6 Å². The zero-order chi connectivity index (χ0) is 32.5. The van der Waals surface area contributed by atoms with E-state index in [4.69, 9.17) is 14.6 Å². The van der Waals surface area contributed by atoms with Crippen molar-refractivity contribution in [3.63, 3.8) is 0 Å². The van der Waals surface area contributed by atoms with Crippen molar-refractivity contribution in [2.75, 3.05) is 6.61 Å². The molecule has 230 valence electrons. The molecule has 0 bridgehead atoms. The molecule has 0 saturated carbocycles. The van der Waals surface area contributed by atoms with E-state index in [2.05, 4.69) is 145 Å². The molecule has 3 heterocycles. The molecule has 0 fully saturated rings. The first kappa shape index (κ1) is 29.5. The summed E-state index contributed by atoms with van der Waals surface area (Å²) in [5, 5.41) is 7.57. The lowest BCUT2D eigenvalue weighted by Gasteiger charge is -2.34. The summed E-state index contributed by atoms with van der Waals surface area (Å²) >= 11 is 0. The van der Waals surface area contributed by atoms with Crippen LogP contribution in [0.15, 0.2) is 158 Å². The van der Waals surface area contributed by atoms with Crippen LogP contribution in [0.2, 0.25) is 0 Å². The average molecular weight is 622 g/mol. The number of ether oxygens (including phenoxy) is 2. The molecule has 1 N–H and O–H groups in total. The first-order chi connectivity index (χ1) is 23.7. The molecule has 0 atom stereocenters. The normalized spacial score (nSPS) is 11.9. The van der Waals surface area contributed by atoms with Gasteiger partial charge in [-0.05, 0) is 87.1 Å². The van der Waals surface area contributed by atoms with Crippen LogP contribution in [-0.4, -0.2) is 23.4 Å². The van der Waals surface area contributed by atoms with Crippen molar-refractivity contribution >= 4 is 23.1 Å². The average Bonchev–Trinajstić information content (AvgIpc) is 3.16. The maximum absolute atomic E-state index is 7.57. The summed E-state index contributed by atoms with van der Waals surface area (Å²) in [6.07, 6.45) is 3.69. The van der Waals surface area contributed by atoms with Crippen LogP contribution in [0, 0.1) is 0 Å². The number of hydrogen-bond donors (Lipinski definition) is 1. The summed E-state index contributed by atoms with van der Waals surface area (Å²) in [5.74, 6) is 3.43. The Balaban J connectivity index is 0.00000108. The summed E-state index contributed by atoms with van der Waals surface area (Å²) in [6.45, 7) is 1.88. The van der Waals surface area contributed by atoms with Crippen molar-refractivity contribution in [2.45, 2.75) is 6.92 Å². The second-order valence-corrected chi connectivity index (χ2v) is 11.9. The number of benzene rings is 6. The summed E-state index contributed by atoms with van der Waals surface area (Å²) in [4.78, 5) is 4.29. The van der Waals surface area contributed by atoms with Gasteiger partial charge in [0.25, 0.3) is 6.71 Å². The molecule has 7 aromatic rings. The summed E-state index contributed by atoms with van der Waals surface area (Å²) < 4.78 is 13.5. The number of pyridine rings is 1. The summed E-state index contributed by atoms with van der Waals surface area (Å²) in [5.41, 5.74) is 12.4. The van der Waals surface area contributed by atoms with E-state index in [1.165, 1.54) is 11.1 Å². The highest BCUT2D eigenvalue weighted by Crippen LogP contribution is 2.42. The van der Waals surface area contributed by atoms with Gasteiger partial charge >= 0.3 is 0 Å². The van der Waals surface area contributed by atoms with E-state index in [0.29, 0.717) is 0 Å². The third-order valence-corrected chi connectivity index (χ3v) is 8.92. The molecule has 6 aromatic carbocycles. The van der Waals surface area contributed by atoms with Gasteiger partial charge in [-0.2, -0.15) is 0 Å². The lowest BCUT2D eigenvalue weighted by atomic mass is 9.34. The molecule has 1 aromatic heterocycles. The van der Waals surface area contributed by atoms with Gasteiger partial charge in [0.2, 0.25) is 0 Å². The molecule has 0 spiro atoms. The van der Waals surface area contributed by atoms with Crippen LogP contribution in [0.4, 0.5) is 0 Å². The van der Waals surface area contributed by atoms with Gasteiger partial charge in [0.05, 0.1) is 0 Å². The number of fused-ring (bicyclic) bond motifs is 4. The Kier molecular flexibility index (Phi) is 7.81. The van der Waals surface area contributed by atoms with E-state index in [1.807, 2.05) is 12.3 Å². The number of hydrogen-bond acceptors (Lipinski definition) is 4. The van der Waals surface area contributed by atoms with Crippen LogP contribution in [0.3, 0.4) is 0 Å². The maximum atomic E-state index is 7.57. The van der Waals surface area contributed by atoms with Crippen molar-refractivity contribution in [3.05, 3.63) is 158 Å². The minimum absolute atomic E-state index is 0.0514. The van der Waals surface area contributed by atoms with Crippen molar-refractivity contribution in [1.82, 2.24) is 4.98 Å². The van der Waals surface area contributed by atoms with E-state index in [1.54, 1.807) is 13.1 Å². The zero-order valence-corrected chi connectivity index (χ0v) is 26.5. The molecule has 9 rings (SSSR count). The molecular weight excluding hydrogens is 589 g/mol. The van der Waals surface area contributed by atoms with Crippen LogP contribution in [0.1, 0.15) is 6.92 Å². The van der Waals surface area contributed by atoms with E-state index in [0.717, 1.165) is 72.8 Å². The Labute approximate surface area is 281 Å². The first-order valence-electron chi connectivity index (χ1n) is 16.2. The molecular formula is C43H32BNO3. The van der Waals surface area contributed by atoms with Crippen LogP contribution in [-0.2, 0) is 0 Å². The minimum atomic E-state index is -0.0514. The first-order valence-corrected chi connectivity index (χ1v) is 16.2. The zero-order valence-electron chi connectivity index (χ0n) is 26.5. The van der Waals surface area contributed by atoms with Gasteiger partial charge in [0.15, 0.2) is 0 Å². The van der Waals surface area contributed by atoms with Gasteiger partial charge in [0.1, 0.15) is 23.0 Å². The number of rotatable bonds is 4. The number of aromatic nitrogens is 1. The Morgan fingerprint density at radius 3 is 1.60 bits per heavy atom. The van der Waals surface area contributed by atoms with E-state index >= 15 is 0 Å². The van der Waals surface area contributed by atoms with Crippen molar-refractivity contribution in [3.8, 4) is 67.5 Å². The molecule has 2 aliphatic heterocycles. The van der Waals surface area contributed by atoms with Gasteiger partial charge in [-0.3, -0.25) is 4.98 Å². The molecule has 0 saturated heterocycles. The summed E-state index contributed by atoms with van der Waals surface area (Å²) in [7, 11) is 0. The summed E-state index contributed by atoms with van der Waals surface area (Å²) in [6, 6.07) is 51.1. The molecule has 5 heteroatoms. The second-order valence-electron chi connectivity index (χ2n) is 11.9. The molecule has 2 aliphatic rings. The van der Waals surface area contributed by atoms with Gasteiger partial charge in [-0.1, -0.05) is 115 Å². The van der Waals surface area contributed by atoms with E-state index < -0.39 is 0 Å². The van der Waals surface area contributed by atoms with Crippen LogP contribution >= 0.6 is 0 Å². The minimum Gasteiger partial charge on any atom is -0.458 e. The number of nitrogens with zero attached hydrogens (tertiary/aromatic N) is 1. The highest BCUT2D eigenvalue weighted by atomic mass is 16.5. The van der Waals surface area contributed by atoms with Crippen LogP contribution in [0.25, 0.3) is 44.5 Å². The Morgan fingerprint density at radius 2 is 1.02 bits per heavy atom. The quantitative estimate of drug-likeness (QED) is 0.200. The fourth-order valence-corrected chi connectivity index (χ4v) is 6.72. The predicted octanol–water partition coefficient (Wildman–Crippen LogP) is 8.48. The highest BCUT2D eigenvalue weighted by Gasteiger charge is 2.41. The van der Waals surface area contributed by atoms with E-state index in [-0.39, 0.29) is 13.3 Å². The van der Waals surface area contributed by atoms with Gasteiger partial charge in [-0.15, -0.1) is 0 Å². The smallest absolute Gasteiger partial charge is 0.260 e. The van der Waals surface area contributed by atoms with Crippen LogP contribution in [0.5, 0.6) is 23.0 Å². The lowest BCUT2D eigenvalue weighted by molar-refractivity contribution is 0.318. The third-order valence-electron chi connectivity index (χ3n) is 8.92. The fraction of sp³-hybridized carbons (Fsp3) is 0.0465. The van der Waals surface area contributed by atoms with Gasteiger partial charge in [0, 0.05) is 30.0 Å². The number of aliphatic hydroxyl groups is 1. The molecule has 0 radical (unpaired) electrons. The predicted molar refractivity (Wildman–Crippen MR) is 196 cm³/mol. The molecule has 0 unspecified atom stereocenters. The second kappa shape index (κ2) is 12.7. The van der Waals surface area contributed by atoms with Crippen molar-refractivity contribution in [2.24, 2.45) is 0 Å². The maximum Gasteiger partial charge on any atom is 0.260 e.